The fraction of sp³-hybridized carbons (Fsp3) is 0. The van der Waals surface area contributed by atoms with Gasteiger partial charge in [0.1, 0.15) is 0 Å². The molecule has 6 heteroatoms. The van der Waals surface area contributed by atoms with Crippen LogP contribution in [0.4, 0.5) is 0 Å². The van der Waals surface area contributed by atoms with Gasteiger partial charge in [0.2, 0.25) is 0 Å². The van der Waals surface area contributed by atoms with E-state index in [0.717, 1.165) is 11.3 Å². The lowest BCUT2D eigenvalue weighted by atomic mass is 10.3. The maximum absolute atomic E-state index is 11.8. The molecular formula is C16H13N5O. The highest BCUT2D eigenvalue weighted by Crippen LogP contribution is 2.06. The zero-order valence-electron chi connectivity index (χ0n) is 11.6. The van der Waals surface area contributed by atoms with Crippen molar-refractivity contribution in [1.82, 2.24) is 20.2 Å². The van der Waals surface area contributed by atoms with Crippen LogP contribution in [0.3, 0.4) is 0 Å². The Hall–Kier alpha value is -3.28. The summed E-state index contributed by atoms with van der Waals surface area (Å²) in [4.78, 5) is 15.6. The summed E-state index contributed by atoms with van der Waals surface area (Å²) < 4.78 is 1.74. The number of hydrogen-bond acceptors (Lipinski definition) is 4. The van der Waals surface area contributed by atoms with Crippen LogP contribution in [0, 0.1) is 0 Å². The summed E-state index contributed by atoms with van der Waals surface area (Å²) >= 11 is 0. The second-order valence-corrected chi connectivity index (χ2v) is 4.49. The summed E-state index contributed by atoms with van der Waals surface area (Å²) in [6, 6.07) is 13.0. The number of nitrogens with zero attached hydrogens (tertiary/aromatic N) is 4. The van der Waals surface area contributed by atoms with Gasteiger partial charge in [-0.3, -0.25) is 9.78 Å². The van der Waals surface area contributed by atoms with E-state index in [1.165, 1.54) is 0 Å². The molecule has 1 N–H and O–H groups in total. The van der Waals surface area contributed by atoms with Gasteiger partial charge < -0.3 is 0 Å². The van der Waals surface area contributed by atoms with E-state index in [4.69, 9.17) is 0 Å². The van der Waals surface area contributed by atoms with Crippen LogP contribution in [-0.4, -0.2) is 26.9 Å². The first kappa shape index (κ1) is 13.7. The van der Waals surface area contributed by atoms with Crippen LogP contribution in [0.5, 0.6) is 0 Å². The minimum absolute atomic E-state index is 0.283. The molecule has 6 nitrogen and oxygen atoms in total. The predicted octanol–water partition coefficient (Wildman–Crippen LogP) is 2.03. The number of hydrazone groups is 1. The van der Waals surface area contributed by atoms with E-state index >= 15 is 0 Å². The molecule has 0 saturated carbocycles. The first-order valence-corrected chi connectivity index (χ1v) is 6.66. The molecule has 0 atom stereocenters. The van der Waals surface area contributed by atoms with Gasteiger partial charge in [-0.25, -0.2) is 10.1 Å². The minimum atomic E-state index is -0.283. The van der Waals surface area contributed by atoms with Gasteiger partial charge in [0.15, 0.2) is 0 Å². The van der Waals surface area contributed by atoms with Gasteiger partial charge in [-0.15, -0.1) is 0 Å². The maximum Gasteiger partial charge on any atom is 0.271 e. The summed E-state index contributed by atoms with van der Waals surface area (Å²) in [6.45, 7) is 0. The van der Waals surface area contributed by atoms with Gasteiger partial charge in [-0.1, -0.05) is 18.2 Å². The third-order valence-electron chi connectivity index (χ3n) is 2.95. The van der Waals surface area contributed by atoms with E-state index in [1.54, 1.807) is 41.6 Å². The second kappa shape index (κ2) is 6.45. The molecule has 0 fully saturated rings. The molecule has 22 heavy (non-hydrogen) atoms. The molecule has 1 amide bonds. The number of carbonyl (C=O) groups excluding carboxylic acids is 1. The molecule has 0 aliphatic carbocycles. The molecule has 0 saturated heterocycles. The summed E-state index contributed by atoms with van der Waals surface area (Å²) in [5.74, 6) is -0.283. The number of nitrogens with one attached hydrogen (secondary N) is 1. The van der Waals surface area contributed by atoms with Crippen molar-refractivity contribution in [2.24, 2.45) is 5.10 Å². The van der Waals surface area contributed by atoms with E-state index < -0.39 is 0 Å². The van der Waals surface area contributed by atoms with Crippen LogP contribution >= 0.6 is 0 Å². The Kier molecular flexibility index (Phi) is 4.01. The average molecular weight is 291 g/mol. The number of carbonyl (C=O) groups is 1. The van der Waals surface area contributed by atoms with Crippen molar-refractivity contribution < 1.29 is 4.79 Å². The number of rotatable bonds is 4. The third-order valence-corrected chi connectivity index (χ3v) is 2.95. The first-order chi connectivity index (χ1) is 10.8. The Balaban J connectivity index is 1.64. The molecule has 0 bridgehead atoms. The summed E-state index contributed by atoms with van der Waals surface area (Å²) in [5, 5.41) is 8.17. The molecule has 0 radical (unpaired) electrons. The Morgan fingerprint density at radius 3 is 2.68 bits per heavy atom. The number of hydrogen-bond donors (Lipinski definition) is 1. The van der Waals surface area contributed by atoms with Crippen LogP contribution in [0.1, 0.15) is 15.9 Å². The lowest BCUT2D eigenvalue weighted by molar-refractivity contribution is 0.0955. The Bertz CT molecular complexity index is 781. The standard InChI is InChI=1S/C16H13N5O/c22-16(14-6-8-17-9-7-14)20-18-10-13-11-19-21(12-13)15-4-2-1-3-5-15/h1-12H,(H,20,22)/b18-10-. The van der Waals surface area contributed by atoms with Gasteiger partial charge in [0.05, 0.1) is 18.1 Å². The highest BCUT2D eigenvalue weighted by atomic mass is 16.2. The largest absolute Gasteiger partial charge is 0.271 e. The van der Waals surface area contributed by atoms with Crippen molar-refractivity contribution in [1.29, 1.82) is 0 Å². The molecule has 108 valence electrons. The van der Waals surface area contributed by atoms with Crippen molar-refractivity contribution in [3.05, 3.63) is 78.4 Å². The van der Waals surface area contributed by atoms with Crippen molar-refractivity contribution in [2.75, 3.05) is 0 Å². The number of pyridine rings is 1. The number of amides is 1. The molecule has 2 aromatic heterocycles. The molecule has 0 aliphatic rings. The zero-order chi connectivity index (χ0) is 15.2. The molecule has 3 aromatic rings. The van der Waals surface area contributed by atoms with Crippen LogP contribution in [0.2, 0.25) is 0 Å². The number of benzene rings is 1. The van der Waals surface area contributed by atoms with Gasteiger partial charge in [-0.2, -0.15) is 10.2 Å². The molecule has 0 unspecified atom stereocenters. The molecule has 1 aromatic carbocycles. The summed E-state index contributed by atoms with van der Waals surface area (Å²) in [6.07, 6.45) is 8.17. The molecule has 0 spiro atoms. The highest BCUT2D eigenvalue weighted by molar-refractivity contribution is 5.94. The fourth-order valence-electron chi connectivity index (χ4n) is 1.86. The van der Waals surface area contributed by atoms with Crippen LogP contribution in [0.25, 0.3) is 5.69 Å². The average Bonchev–Trinajstić information content (AvgIpc) is 3.05. The quantitative estimate of drug-likeness (QED) is 0.590. The molecule has 3 rings (SSSR count). The maximum atomic E-state index is 11.8. The first-order valence-electron chi connectivity index (χ1n) is 6.66. The normalized spacial score (nSPS) is 10.7. The van der Waals surface area contributed by atoms with E-state index in [9.17, 15) is 4.79 Å². The monoisotopic (exact) mass is 291 g/mol. The van der Waals surface area contributed by atoms with E-state index in [2.05, 4.69) is 20.6 Å². The van der Waals surface area contributed by atoms with Crippen molar-refractivity contribution >= 4 is 12.1 Å². The molecule has 2 heterocycles. The van der Waals surface area contributed by atoms with Crippen molar-refractivity contribution in [3.63, 3.8) is 0 Å². The summed E-state index contributed by atoms with van der Waals surface area (Å²) in [5.41, 5.74) is 4.72. The Morgan fingerprint density at radius 1 is 1.14 bits per heavy atom. The van der Waals surface area contributed by atoms with Gasteiger partial charge in [0.25, 0.3) is 5.91 Å². The van der Waals surface area contributed by atoms with Gasteiger partial charge >= 0.3 is 0 Å². The molecule has 0 aliphatic heterocycles. The van der Waals surface area contributed by atoms with Crippen molar-refractivity contribution in [3.8, 4) is 5.69 Å². The van der Waals surface area contributed by atoms with Crippen LogP contribution in [-0.2, 0) is 0 Å². The van der Waals surface area contributed by atoms with Gasteiger partial charge in [0, 0.05) is 29.7 Å². The summed E-state index contributed by atoms with van der Waals surface area (Å²) in [7, 11) is 0. The van der Waals surface area contributed by atoms with Crippen LogP contribution in [0.15, 0.2) is 72.4 Å². The smallest absolute Gasteiger partial charge is 0.267 e. The van der Waals surface area contributed by atoms with E-state index in [0.29, 0.717) is 5.56 Å². The van der Waals surface area contributed by atoms with Crippen molar-refractivity contribution in [2.45, 2.75) is 0 Å². The number of para-hydroxylation sites is 1. The SMILES string of the molecule is O=C(N/N=C\c1cnn(-c2ccccc2)c1)c1ccncc1. The van der Waals surface area contributed by atoms with Gasteiger partial charge in [-0.05, 0) is 24.3 Å². The fourth-order valence-corrected chi connectivity index (χ4v) is 1.86. The Morgan fingerprint density at radius 2 is 1.91 bits per heavy atom. The number of aromatic nitrogens is 3. The second-order valence-electron chi connectivity index (χ2n) is 4.49. The van der Waals surface area contributed by atoms with E-state index in [-0.39, 0.29) is 5.91 Å². The topological polar surface area (TPSA) is 72.2 Å². The lowest BCUT2D eigenvalue weighted by Crippen LogP contribution is -2.17. The highest BCUT2D eigenvalue weighted by Gasteiger charge is 2.02. The predicted molar refractivity (Wildman–Crippen MR) is 82.9 cm³/mol. The molecular weight excluding hydrogens is 278 g/mol. The lowest BCUT2D eigenvalue weighted by Gasteiger charge is -1.98. The Labute approximate surface area is 127 Å². The van der Waals surface area contributed by atoms with Crippen LogP contribution < -0.4 is 5.43 Å². The third kappa shape index (κ3) is 3.24. The minimum Gasteiger partial charge on any atom is -0.267 e. The van der Waals surface area contributed by atoms with E-state index in [1.807, 2.05) is 36.5 Å². The zero-order valence-corrected chi connectivity index (χ0v) is 11.6.